The summed E-state index contributed by atoms with van der Waals surface area (Å²) in [5.74, 6) is 0.270. The van der Waals surface area contributed by atoms with E-state index in [0.717, 1.165) is 23.2 Å². The van der Waals surface area contributed by atoms with Gasteiger partial charge in [0.05, 0.1) is 0 Å². The van der Waals surface area contributed by atoms with E-state index >= 15 is 0 Å². The van der Waals surface area contributed by atoms with Gasteiger partial charge in [-0.15, -0.1) is 0 Å². The fourth-order valence-corrected chi connectivity index (χ4v) is 3.86. The van der Waals surface area contributed by atoms with Crippen LogP contribution >= 0.6 is 0 Å². The van der Waals surface area contributed by atoms with E-state index in [4.69, 9.17) is 5.73 Å². The van der Waals surface area contributed by atoms with Gasteiger partial charge >= 0.3 is 0 Å². The van der Waals surface area contributed by atoms with Gasteiger partial charge in [-0.1, -0.05) is 19.9 Å². The second kappa shape index (κ2) is 8.69. The van der Waals surface area contributed by atoms with Gasteiger partial charge in [0.1, 0.15) is 18.1 Å². The van der Waals surface area contributed by atoms with Crippen molar-refractivity contribution in [3.8, 4) is 0 Å². The van der Waals surface area contributed by atoms with Crippen LogP contribution in [0.4, 0.5) is 11.5 Å². The SMILES string of the molecule is Cc1nc(N)ccc1CNC(=O)Cn1c(C)cc2c(c1=O)NC(=O)[C@H](CC(C)C)C2. The Labute approximate surface area is 175 Å². The van der Waals surface area contributed by atoms with Crippen molar-refractivity contribution in [2.24, 2.45) is 11.8 Å². The highest BCUT2D eigenvalue weighted by Crippen LogP contribution is 2.27. The molecular formula is C22H29N5O3. The summed E-state index contributed by atoms with van der Waals surface area (Å²) < 4.78 is 1.39. The number of nitrogen functional groups attached to an aromatic ring is 1. The van der Waals surface area contributed by atoms with E-state index in [9.17, 15) is 14.4 Å². The van der Waals surface area contributed by atoms with E-state index in [2.05, 4.69) is 29.5 Å². The predicted octanol–water partition coefficient (Wildman–Crippen LogP) is 1.92. The molecule has 0 fully saturated rings. The van der Waals surface area contributed by atoms with Crippen LogP contribution in [0.15, 0.2) is 23.0 Å². The van der Waals surface area contributed by atoms with Gasteiger partial charge in [0.15, 0.2) is 0 Å². The molecule has 2 aromatic rings. The molecule has 0 saturated heterocycles. The van der Waals surface area contributed by atoms with Crippen LogP contribution in [0.25, 0.3) is 0 Å². The lowest BCUT2D eigenvalue weighted by Crippen LogP contribution is -2.39. The molecule has 2 aromatic heterocycles. The summed E-state index contributed by atoms with van der Waals surface area (Å²) in [5, 5.41) is 5.58. The maximum atomic E-state index is 13.0. The topological polar surface area (TPSA) is 119 Å². The van der Waals surface area contributed by atoms with Crippen molar-refractivity contribution in [1.29, 1.82) is 0 Å². The molecule has 1 atom stereocenters. The largest absolute Gasteiger partial charge is 0.384 e. The van der Waals surface area contributed by atoms with E-state index in [1.54, 1.807) is 13.0 Å². The Morgan fingerprint density at radius 3 is 2.73 bits per heavy atom. The number of nitrogens with one attached hydrogen (secondary N) is 2. The molecule has 2 amide bonds. The third-order valence-corrected chi connectivity index (χ3v) is 5.42. The van der Waals surface area contributed by atoms with Crippen molar-refractivity contribution in [3.05, 3.63) is 51.1 Å². The second-order valence-electron chi connectivity index (χ2n) is 8.35. The summed E-state index contributed by atoms with van der Waals surface area (Å²) in [6, 6.07) is 5.39. The number of pyridine rings is 2. The first-order chi connectivity index (χ1) is 14.2. The van der Waals surface area contributed by atoms with Gasteiger partial charge in [-0.2, -0.15) is 0 Å². The molecule has 1 aliphatic rings. The molecule has 0 radical (unpaired) electrons. The molecule has 30 heavy (non-hydrogen) atoms. The van der Waals surface area contributed by atoms with E-state index in [0.29, 0.717) is 30.4 Å². The van der Waals surface area contributed by atoms with Gasteiger partial charge in [-0.25, -0.2) is 4.98 Å². The van der Waals surface area contributed by atoms with Gasteiger partial charge in [-0.3, -0.25) is 14.4 Å². The number of nitrogens with two attached hydrogens (primary N) is 1. The van der Waals surface area contributed by atoms with Crippen molar-refractivity contribution >= 4 is 23.3 Å². The Morgan fingerprint density at radius 2 is 2.07 bits per heavy atom. The monoisotopic (exact) mass is 411 g/mol. The van der Waals surface area contributed by atoms with Crippen molar-refractivity contribution in [2.75, 3.05) is 11.1 Å². The third kappa shape index (κ3) is 4.69. The molecule has 3 rings (SSSR count). The zero-order valence-electron chi connectivity index (χ0n) is 17.9. The minimum absolute atomic E-state index is 0.120. The standard InChI is InChI=1S/C22H29N5O3/c1-12(2)7-17-9-16-8-13(3)27(22(30)20(16)26-21(17)29)11-19(28)24-10-15-5-6-18(23)25-14(15)4/h5-6,8,12,17H,7,9-11H2,1-4H3,(H2,23,25)(H,24,28)(H,26,29)/t17-/m1/s1. The normalized spacial score (nSPS) is 15.6. The lowest BCUT2D eigenvalue weighted by atomic mass is 9.87. The predicted molar refractivity (Wildman–Crippen MR) is 116 cm³/mol. The van der Waals surface area contributed by atoms with E-state index < -0.39 is 0 Å². The molecule has 160 valence electrons. The third-order valence-electron chi connectivity index (χ3n) is 5.42. The first-order valence-electron chi connectivity index (χ1n) is 10.2. The van der Waals surface area contributed by atoms with Crippen LogP contribution in [-0.2, 0) is 29.1 Å². The summed E-state index contributed by atoms with van der Waals surface area (Å²) in [4.78, 5) is 42.0. The van der Waals surface area contributed by atoms with Crippen LogP contribution in [0.5, 0.6) is 0 Å². The zero-order valence-corrected chi connectivity index (χ0v) is 17.9. The maximum absolute atomic E-state index is 13.0. The summed E-state index contributed by atoms with van der Waals surface area (Å²) in [7, 11) is 0. The quantitative estimate of drug-likeness (QED) is 0.671. The molecule has 0 unspecified atom stereocenters. The lowest BCUT2D eigenvalue weighted by Gasteiger charge is -2.26. The van der Waals surface area contributed by atoms with Crippen molar-refractivity contribution in [3.63, 3.8) is 0 Å². The Morgan fingerprint density at radius 1 is 1.33 bits per heavy atom. The Bertz CT molecular complexity index is 1040. The minimum atomic E-state index is -0.346. The van der Waals surface area contributed by atoms with Crippen molar-refractivity contribution in [2.45, 2.75) is 53.6 Å². The summed E-state index contributed by atoms with van der Waals surface area (Å²) >= 11 is 0. The summed E-state index contributed by atoms with van der Waals surface area (Å²) in [6.45, 7) is 7.95. The fourth-order valence-electron chi connectivity index (χ4n) is 3.86. The molecule has 0 saturated carbocycles. The van der Waals surface area contributed by atoms with E-state index in [1.165, 1.54) is 4.57 Å². The molecule has 3 heterocycles. The highest BCUT2D eigenvalue weighted by Gasteiger charge is 2.29. The minimum Gasteiger partial charge on any atom is -0.384 e. The Kier molecular flexibility index (Phi) is 6.24. The molecule has 1 aliphatic heterocycles. The second-order valence-corrected chi connectivity index (χ2v) is 8.35. The first-order valence-corrected chi connectivity index (χ1v) is 10.2. The number of fused-ring (bicyclic) bond motifs is 1. The zero-order chi connectivity index (χ0) is 22.0. The number of aromatic nitrogens is 2. The summed E-state index contributed by atoms with van der Waals surface area (Å²) in [6.07, 6.45) is 1.32. The van der Waals surface area contributed by atoms with Crippen LogP contribution in [0.1, 0.15) is 42.8 Å². The molecule has 0 bridgehead atoms. The average Bonchev–Trinajstić information content (AvgIpc) is 2.65. The van der Waals surface area contributed by atoms with Gasteiger partial charge in [0, 0.05) is 23.9 Å². The van der Waals surface area contributed by atoms with Crippen LogP contribution in [0.2, 0.25) is 0 Å². The Hall–Kier alpha value is -3.16. The molecular weight excluding hydrogens is 382 g/mol. The number of aryl methyl sites for hydroxylation is 2. The van der Waals surface area contributed by atoms with Crippen LogP contribution in [0.3, 0.4) is 0 Å². The smallest absolute Gasteiger partial charge is 0.275 e. The van der Waals surface area contributed by atoms with Gasteiger partial charge in [0.25, 0.3) is 5.56 Å². The number of hydrogen-bond donors (Lipinski definition) is 3. The molecule has 0 aliphatic carbocycles. The number of rotatable bonds is 6. The van der Waals surface area contributed by atoms with E-state index in [-0.39, 0.29) is 35.5 Å². The fraction of sp³-hybridized carbons (Fsp3) is 0.455. The molecule has 0 aromatic carbocycles. The average molecular weight is 412 g/mol. The lowest BCUT2D eigenvalue weighted by molar-refractivity contribution is -0.122. The van der Waals surface area contributed by atoms with Gasteiger partial charge in [-0.05, 0) is 55.9 Å². The van der Waals surface area contributed by atoms with Gasteiger partial charge in [0.2, 0.25) is 11.8 Å². The number of nitrogens with zero attached hydrogens (tertiary/aromatic N) is 2. The Balaban J connectivity index is 1.74. The number of carbonyl (C=O) groups is 2. The number of anilines is 2. The van der Waals surface area contributed by atoms with Gasteiger partial charge < -0.3 is 20.9 Å². The molecule has 4 N–H and O–H groups in total. The van der Waals surface area contributed by atoms with Crippen molar-refractivity contribution < 1.29 is 9.59 Å². The number of carbonyl (C=O) groups excluding carboxylic acids is 2. The van der Waals surface area contributed by atoms with Crippen molar-refractivity contribution in [1.82, 2.24) is 14.9 Å². The molecule has 0 spiro atoms. The van der Waals surface area contributed by atoms with Crippen LogP contribution in [0, 0.1) is 25.7 Å². The highest BCUT2D eigenvalue weighted by molar-refractivity contribution is 5.95. The maximum Gasteiger partial charge on any atom is 0.275 e. The molecule has 8 nitrogen and oxygen atoms in total. The number of amides is 2. The highest BCUT2D eigenvalue weighted by atomic mass is 16.2. The summed E-state index contributed by atoms with van der Waals surface area (Å²) in [5.41, 5.74) is 8.73. The number of hydrogen-bond acceptors (Lipinski definition) is 5. The first kappa shape index (κ1) is 21.5. The van der Waals surface area contributed by atoms with E-state index in [1.807, 2.05) is 19.1 Å². The van der Waals surface area contributed by atoms with Crippen LogP contribution in [-0.4, -0.2) is 21.4 Å². The molecule has 8 heteroatoms. The van der Waals surface area contributed by atoms with Crippen LogP contribution < -0.4 is 21.9 Å².